The molecule has 152 valence electrons. The second kappa shape index (κ2) is 8.49. The van der Waals surface area contributed by atoms with E-state index < -0.39 is 0 Å². The van der Waals surface area contributed by atoms with Gasteiger partial charge >= 0.3 is 0 Å². The molecule has 2 amide bonds. The molecule has 0 N–H and O–H groups in total. The van der Waals surface area contributed by atoms with E-state index in [2.05, 4.69) is 4.90 Å². The SMILES string of the molecule is COc1cccc(N2CCN(C3CCN(C(=O)C4CCCO4)CC3)CC2=O)c1. The molecule has 7 nitrogen and oxygen atoms in total. The molecule has 0 aromatic heterocycles. The molecular weight excluding hydrogens is 358 g/mol. The first-order chi connectivity index (χ1) is 13.7. The summed E-state index contributed by atoms with van der Waals surface area (Å²) in [5.74, 6) is 1.03. The lowest BCUT2D eigenvalue weighted by atomic mass is 10.0. The Morgan fingerprint density at radius 1 is 1.14 bits per heavy atom. The Bertz CT molecular complexity index is 711. The number of piperazine rings is 1. The van der Waals surface area contributed by atoms with Gasteiger partial charge in [0.05, 0.1) is 13.7 Å². The molecule has 1 atom stereocenters. The highest BCUT2D eigenvalue weighted by molar-refractivity contribution is 5.95. The molecule has 3 saturated heterocycles. The van der Waals surface area contributed by atoms with Crippen molar-refractivity contribution in [2.45, 2.75) is 37.8 Å². The summed E-state index contributed by atoms with van der Waals surface area (Å²) >= 11 is 0. The lowest BCUT2D eigenvalue weighted by Gasteiger charge is -2.42. The van der Waals surface area contributed by atoms with Crippen LogP contribution < -0.4 is 9.64 Å². The zero-order chi connectivity index (χ0) is 19.5. The van der Waals surface area contributed by atoms with Crippen molar-refractivity contribution in [1.29, 1.82) is 0 Å². The molecule has 1 unspecified atom stereocenters. The highest BCUT2D eigenvalue weighted by atomic mass is 16.5. The number of rotatable bonds is 4. The monoisotopic (exact) mass is 387 g/mol. The number of amides is 2. The van der Waals surface area contributed by atoms with Gasteiger partial charge in [0, 0.05) is 50.6 Å². The van der Waals surface area contributed by atoms with Crippen molar-refractivity contribution in [3.8, 4) is 5.75 Å². The second-order valence-corrected chi connectivity index (χ2v) is 7.78. The van der Waals surface area contributed by atoms with Crippen molar-refractivity contribution in [2.75, 3.05) is 51.3 Å². The van der Waals surface area contributed by atoms with Crippen LogP contribution in [0.3, 0.4) is 0 Å². The van der Waals surface area contributed by atoms with Gasteiger partial charge in [0.1, 0.15) is 11.9 Å². The predicted molar refractivity (Wildman–Crippen MR) is 105 cm³/mol. The van der Waals surface area contributed by atoms with E-state index in [1.165, 1.54) is 0 Å². The van der Waals surface area contributed by atoms with Crippen LogP contribution >= 0.6 is 0 Å². The Kier molecular flexibility index (Phi) is 5.82. The quantitative estimate of drug-likeness (QED) is 0.784. The average molecular weight is 387 g/mol. The Morgan fingerprint density at radius 3 is 2.64 bits per heavy atom. The molecule has 0 saturated carbocycles. The van der Waals surface area contributed by atoms with Gasteiger partial charge in [-0.1, -0.05) is 6.07 Å². The van der Waals surface area contributed by atoms with Crippen LogP contribution in [-0.2, 0) is 14.3 Å². The van der Waals surface area contributed by atoms with Crippen molar-refractivity contribution in [3.63, 3.8) is 0 Å². The van der Waals surface area contributed by atoms with Crippen molar-refractivity contribution in [1.82, 2.24) is 9.80 Å². The van der Waals surface area contributed by atoms with Gasteiger partial charge in [-0.3, -0.25) is 14.5 Å². The molecule has 0 aliphatic carbocycles. The van der Waals surface area contributed by atoms with Gasteiger partial charge in [0.15, 0.2) is 0 Å². The molecule has 1 aromatic carbocycles. The van der Waals surface area contributed by atoms with Gasteiger partial charge in [-0.25, -0.2) is 0 Å². The fraction of sp³-hybridized carbons (Fsp3) is 0.619. The third-order valence-corrected chi connectivity index (χ3v) is 6.11. The lowest BCUT2D eigenvalue weighted by Crippen LogP contribution is -2.56. The molecule has 7 heteroatoms. The maximum atomic E-state index is 12.8. The molecule has 3 aliphatic heterocycles. The van der Waals surface area contributed by atoms with Crippen molar-refractivity contribution >= 4 is 17.5 Å². The fourth-order valence-corrected chi connectivity index (χ4v) is 4.48. The van der Waals surface area contributed by atoms with E-state index in [-0.39, 0.29) is 17.9 Å². The Morgan fingerprint density at radius 2 is 1.96 bits per heavy atom. The normalized spacial score (nSPS) is 24.6. The Balaban J connectivity index is 1.30. The van der Waals surface area contributed by atoms with Gasteiger partial charge in [-0.05, 0) is 37.8 Å². The highest BCUT2D eigenvalue weighted by Gasteiger charge is 2.35. The standard InChI is InChI=1S/C21H29N3O4/c1-27-18-5-2-4-17(14-18)24-12-11-23(15-20(24)25)16-7-9-22(10-8-16)21(26)19-6-3-13-28-19/h2,4-5,14,16,19H,3,6-13,15H2,1H3. The molecule has 0 radical (unpaired) electrons. The topological polar surface area (TPSA) is 62.3 Å². The molecule has 0 bridgehead atoms. The van der Waals surface area contributed by atoms with E-state index in [1.807, 2.05) is 34.1 Å². The third-order valence-electron chi connectivity index (χ3n) is 6.11. The summed E-state index contributed by atoms with van der Waals surface area (Å²) in [6.07, 6.45) is 3.44. The highest BCUT2D eigenvalue weighted by Crippen LogP contribution is 2.25. The minimum atomic E-state index is -0.232. The number of nitrogens with zero attached hydrogens (tertiary/aromatic N) is 3. The van der Waals surface area contributed by atoms with Crippen LogP contribution in [0.2, 0.25) is 0 Å². The molecule has 1 aromatic rings. The van der Waals surface area contributed by atoms with E-state index in [0.717, 1.165) is 56.8 Å². The zero-order valence-corrected chi connectivity index (χ0v) is 16.5. The van der Waals surface area contributed by atoms with E-state index in [4.69, 9.17) is 9.47 Å². The number of hydrogen-bond donors (Lipinski definition) is 0. The third kappa shape index (κ3) is 4.00. The number of benzene rings is 1. The van der Waals surface area contributed by atoms with Crippen LogP contribution in [0.4, 0.5) is 5.69 Å². The fourth-order valence-electron chi connectivity index (χ4n) is 4.48. The van der Waals surface area contributed by atoms with Crippen LogP contribution in [0.25, 0.3) is 0 Å². The summed E-state index contributed by atoms with van der Waals surface area (Å²) < 4.78 is 10.8. The molecule has 4 rings (SSSR count). The largest absolute Gasteiger partial charge is 0.497 e. The average Bonchev–Trinajstić information content (AvgIpc) is 3.28. The van der Waals surface area contributed by atoms with Crippen LogP contribution in [0.5, 0.6) is 5.75 Å². The number of ether oxygens (including phenoxy) is 2. The minimum Gasteiger partial charge on any atom is -0.497 e. The van der Waals surface area contributed by atoms with Crippen molar-refractivity contribution < 1.29 is 19.1 Å². The smallest absolute Gasteiger partial charge is 0.251 e. The zero-order valence-electron chi connectivity index (χ0n) is 16.5. The first-order valence-corrected chi connectivity index (χ1v) is 10.2. The number of anilines is 1. The van der Waals surface area contributed by atoms with Crippen LogP contribution in [0.15, 0.2) is 24.3 Å². The Hall–Kier alpha value is -2.12. The first-order valence-electron chi connectivity index (χ1n) is 10.2. The number of hydrogen-bond acceptors (Lipinski definition) is 5. The summed E-state index contributed by atoms with van der Waals surface area (Å²) in [5, 5.41) is 0. The maximum absolute atomic E-state index is 12.8. The minimum absolute atomic E-state index is 0.123. The number of carbonyl (C=O) groups excluding carboxylic acids is 2. The van der Waals surface area contributed by atoms with Crippen molar-refractivity contribution in [3.05, 3.63) is 24.3 Å². The Labute approximate surface area is 166 Å². The number of piperidine rings is 1. The number of likely N-dealkylation sites (tertiary alicyclic amines) is 1. The summed E-state index contributed by atoms with van der Waals surface area (Å²) in [6.45, 7) is 4.18. The second-order valence-electron chi connectivity index (χ2n) is 7.78. The first kappa shape index (κ1) is 19.2. The predicted octanol–water partition coefficient (Wildman–Crippen LogP) is 1.51. The van der Waals surface area contributed by atoms with Gasteiger partial charge in [0.25, 0.3) is 5.91 Å². The van der Waals surface area contributed by atoms with Gasteiger partial charge < -0.3 is 19.3 Å². The van der Waals surface area contributed by atoms with E-state index >= 15 is 0 Å². The molecule has 3 fully saturated rings. The molecule has 3 aliphatic rings. The van der Waals surface area contributed by atoms with Gasteiger partial charge in [-0.2, -0.15) is 0 Å². The van der Waals surface area contributed by atoms with E-state index in [9.17, 15) is 9.59 Å². The molecule has 3 heterocycles. The molecular formula is C21H29N3O4. The van der Waals surface area contributed by atoms with Crippen LogP contribution in [0.1, 0.15) is 25.7 Å². The van der Waals surface area contributed by atoms with Gasteiger partial charge in [0.2, 0.25) is 5.91 Å². The number of methoxy groups -OCH3 is 1. The summed E-state index contributed by atoms with van der Waals surface area (Å²) in [4.78, 5) is 31.3. The van der Waals surface area contributed by atoms with Crippen LogP contribution in [-0.4, -0.2) is 80.2 Å². The van der Waals surface area contributed by atoms with Crippen LogP contribution in [0, 0.1) is 0 Å². The van der Waals surface area contributed by atoms with Crippen molar-refractivity contribution in [2.24, 2.45) is 0 Å². The summed E-state index contributed by atoms with van der Waals surface area (Å²) in [7, 11) is 1.63. The van der Waals surface area contributed by atoms with Gasteiger partial charge in [-0.15, -0.1) is 0 Å². The van der Waals surface area contributed by atoms with E-state index in [1.54, 1.807) is 7.11 Å². The summed E-state index contributed by atoms with van der Waals surface area (Å²) in [5.41, 5.74) is 0.890. The summed E-state index contributed by atoms with van der Waals surface area (Å²) in [6, 6.07) is 8.02. The molecule has 28 heavy (non-hydrogen) atoms. The number of carbonyl (C=O) groups is 2. The maximum Gasteiger partial charge on any atom is 0.251 e. The lowest BCUT2D eigenvalue weighted by molar-refractivity contribution is -0.142. The molecule has 0 spiro atoms. The van der Waals surface area contributed by atoms with E-state index in [0.29, 0.717) is 25.7 Å².